The molecule has 0 aromatic rings. The molecule has 0 aliphatic carbocycles. The number of aliphatic hydroxyl groups is 1. The third-order valence-electron chi connectivity index (χ3n) is 1.28. The number of rotatable bonds is 8. The molecule has 5 nitrogen and oxygen atoms in total. The van der Waals surface area contributed by atoms with Crippen molar-refractivity contribution in [3.8, 4) is 0 Å². The van der Waals surface area contributed by atoms with Gasteiger partial charge in [0.2, 0.25) is 0 Å². The Bertz CT molecular complexity index is 119. The Morgan fingerprint density at radius 2 is 1.67 bits per heavy atom. The van der Waals surface area contributed by atoms with E-state index in [1.807, 2.05) is 0 Å². The zero-order valence-electron chi connectivity index (χ0n) is 7.05. The van der Waals surface area contributed by atoms with Crippen LogP contribution in [0.1, 0.15) is 6.42 Å². The van der Waals surface area contributed by atoms with Crippen molar-refractivity contribution < 1.29 is 15.0 Å². The first-order chi connectivity index (χ1) is 5.77. The molecule has 0 spiro atoms. The summed E-state index contributed by atoms with van der Waals surface area (Å²) < 4.78 is 0. The van der Waals surface area contributed by atoms with E-state index in [-0.39, 0.29) is 13.0 Å². The van der Waals surface area contributed by atoms with Crippen molar-refractivity contribution in [1.29, 1.82) is 0 Å². The first-order valence-electron chi connectivity index (χ1n) is 4.01. The van der Waals surface area contributed by atoms with Crippen LogP contribution in [0.2, 0.25) is 0 Å². The van der Waals surface area contributed by atoms with E-state index in [9.17, 15) is 4.79 Å². The number of carbonyl (C=O) groups is 1. The molecular formula is C7H16N2O3. The van der Waals surface area contributed by atoms with Crippen molar-refractivity contribution in [2.24, 2.45) is 0 Å². The van der Waals surface area contributed by atoms with Gasteiger partial charge in [0.1, 0.15) is 0 Å². The van der Waals surface area contributed by atoms with Gasteiger partial charge in [-0.3, -0.25) is 4.79 Å². The SMILES string of the molecule is O=C(O)CCNCCNCCO. The van der Waals surface area contributed by atoms with Gasteiger partial charge in [0, 0.05) is 26.2 Å². The summed E-state index contributed by atoms with van der Waals surface area (Å²) in [6, 6.07) is 0. The smallest absolute Gasteiger partial charge is 0.304 e. The maximum Gasteiger partial charge on any atom is 0.304 e. The van der Waals surface area contributed by atoms with E-state index >= 15 is 0 Å². The maximum absolute atomic E-state index is 10.0. The van der Waals surface area contributed by atoms with E-state index in [0.29, 0.717) is 13.1 Å². The number of nitrogens with one attached hydrogen (secondary N) is 2. The second kappa shape index (κ2) is 8.45. The molecule has 0 saturated carbocycles. The van der Waals surface area contributed by atoms with Crippen molar-refractivity contribution in [3.05, 3.63) is 0 Å². The Labute approximate surface area is 71.8 Å². The average Bonchev–Trinajstić information content (AvgIpc) is 2.02. The van der Waals surface area contributed by atoms with E-state index in [2.05, 4.69) is 10.6 Å². The molecule has 0 atom stereocenters. The standard InChI is InChI=1S/C7H16N2O3/c10-6-5-9-4-3-8-2-1-7(11)12/h8-10H,1-6H2,(H,11,12). The minimum atomic E-state index is -0.786. The van der Waals surface area contributed by atoms with Crippen LogP contribution in [0, 0.1) is 0 Å². The molecule has 0 radical (unpaired) electrons. The van der Waals surface area contributed by atoms with Gasteiger partial charge in [-0.15, -0.1) is 0 Å². The van der Waals surface area contributed by atoms with Crippen LogP contribution < -0.4 is 10.6 Å². The Morgan fingerprint density at radius 1 is 1.08 bits per heavy atom. The van der Waals surface area contributed by atoms with E-state index in [0.717, 1.165) is 13.1 Å². The molecule has 0 saturated heterocycles. The lowest BCUT2D eigenvalue weighted by atomic mass is 10.4. The van der Waals surface area contributed by atoms with Gasteiger partial charge in [-0.05, 0) is 0 Å². The quantitative estimate of drug-likeness (QED) is 0.343. The lowest BCUT2D eigenvalue weighted by molar-refractivity contribution is -0.136. The number of carboxylic acids is 1. The van der Waals surface area contributed by atoms with Crippen molar-refractivity contribution in [3.63, 3.8) is 0 Å². The minimum absolute atomic E-state index is 0.134. The van der Waals surface area contributed by atoms with E-state index < -0.39 is 5.97 Å². The molecule has 0 aliphatic rings. The largest absolute Gasteiger partial charge is 0.481 e. The monoisotopic (exact) mass is 176 g/mol. The van der Waals surface area contributed by atoms with Crippen LogP contribution in [0.25, 0.3) is 0 Å². The summed E-state index contributed by atoms with van der Waals surface area (Å²) in [5.74, 6) is -0.786. The van der Waals surface area contributed by atoms with Crippen LogP contribution in [-0.2, 0) is 4.79 Å². The van der Waals surface area contributed by atoms with Gasteiger partial charge in [-0.25, -0.2) is 0 Å². The number of aliphatic carboxylic acids is 1. The summed E-state index contributed by atoms with van der Waals surface area (Å²) in [5.41, 5.74) is 0. The van der Waals surface area contributed by atoms with Gasteiger partial charge in [-0.2, -0.15) is 0 Å². The zero-order chi connectivity index (χ0) is 9.23. The van der Waals surface area contributed by atoms with Crippen molar-refractivity contribution in [1.82, 2.24) is 10.6 Å². The van der Waals surface area contributed by atoms with Crippen molar-refractivity contribution in [2.75, 3.05) is 32.8 Å². The first kappa shape index (κ1) is 11.4. The summed E-state index contributed by atoms with van der Waals surface area (Å²) in [6.45, 7) is 2.69. The second-order valence-corrected chi connectivity index (χ2v) is 2.37. The fraction of sp³-hybridized carbons (Fsp3) is 0.857. The van der Waals surface area contributed by atoms with Gasteiger partial charge in [0.05, 0.1) is 13.0 Å². The molecule has 0 fully saturated rings. The van der Waals surface area contributed by atoms with Gasteiger partial charge < -0.3 is 20.8 Å². The molecule has 0 bridgehead atoms. The molecule has 0 aliphatic heterocycles. The molecule has 0 aromatic heterocycles. The molecule has 0 unspecified atom stereocenters. The topological polar surface area (TPSA) is 81.6 Å². The predicted molar refractivity (Wildman–Crippen MR) is 45.1 cm³/mol. The van der Waals surface area contributed by atoms with Crippen molar-refractivity contribution >= 4 is 5.97 Å². The maximum atomic E-state index is 10.0. The highest BCUT2D eigenvalue weighted by Gasteiger charge is 1.94. The molecule has 12 heavy (non-hydrogen) atoms. The minimum Gasteiger partial charge on any atom is -0.481 e. The Hall–Kier alpha value is -0.650. The molecule has 4 N–H and O–H groups in total. The van der Waals surface area contributed by atoms with E-state index in [4.69, 9.17) is 10.2 Å². The Balaban J connectivity index is 2.86. The zero-order valence-corrected chi connectivity index (χ0v) is 7.05. The molecule has 0 heterocycles. The van der Waals surface area contributed by atoms with Crippen LogP contribution in [0.4, 0.5) is 0 Å². The summed E-state index contributed by atoms with van der Waals surface area (Å²) in [4.78, 5) is 10.0. The molecule has 0 aromatic carbocycles. The third kappa shape index (κ3) is 9.35. The predicted octanol–water partition coefficient (Wildman–Crippen LogP) is -1.37. The van der Waals surface area contributed by atoms with Gasteiger partial charge in [0.15, 0.2) is 0 Å². The normalized spacial score (nSPS) is 10.1. The lowest BCUT2D eigenvalue weighted by Crippen LogP contribution is -2.30. The van der Waals surface area contributed by atoms with E-state index in [1.165, 1.54) is 0 Å². The average molecular weight is 176 g/mol. The Kier molecular flexibility index (Phi) is 7.99. The molecule has 72 valence electrons. The molecule has 0 rings (SSSR count). The summed E-state index contributed by atoms with van der Waals surface area (Å²) >= 11 is 0. The number of hydrogen-bond donors (Lipinski definition) is 4. The first-order valence-corrected chi connectivity index (χ1v) is 4.01. The fourth-order valence-corrected chi connectivity index (χ4v) is 0.701. The van der Waals surface area contributed by atoms with Crippen LogP contribution >= 0.6 is 0 Å². The molecule has 5 heteroatoms. The van der Waals surface area contributed by atoms with Crippen molar-refractivity contribution in [2.45, 2.75) is 6.42 Å². The van der Waals surface area contributed by atoms with E-state index in [1.54, 1.807) is 0 Å². The van der Waals surface area contributed by atoms with Gasteiger partial charge in [-0.1, -0.05) is 0 Å². The summed E-state index contributed by atoms with van der Waals surface area (Å²) in [7, 11) is 0. The van der Waals surface area contributed by atoms with Gasteiger partial charge >= 0.3 is 5.97 Å². The van der Waals surface area contributed by atoms with Crippen LogP contribution in [0.5, 0.6) is 0 Å². The highest BCUT2D eigenvalue weighted by Crippen LogP contribution is 1.73. The summed E-state index contributed by atoms with van der Waals surface area (Å²) in [6.07, 6.45) is 0.153. The van der Waals surface area contributed by atoms with Crippen LogP contribution in [0.3, 0.4) is 0 Å². The second-order valence-electron chi connectivity index (χ2n) is 2.37. The van der Waals surface area contributed by atoms with Gasteiger partial charge in [0.25, 0.3) is 0 Å². The van der Waals surface area contributed by atoms with Crippen LogP contribution in [0.15, 0.2) is 0 Å². The third-order valence-corrected chi connectivity index (χ3v) is 1.28. The number of carboxylic acid groups (broad SMARTS) is 1. The Morgan fingerprint density at radius 3 is 2.17 bits per heavy atom. The fourth-order valence-electron chi connectivity index (χ4n) is 0.701. The number of hydrogen-bond acceptors (Lipinski definition) is 4. The summed E-state index contributed by atoms with van der Waals surface area (Å²) in [5, 5.41) is 22.6. The van der Waals surface area contributed by atoms with Crippen LogP contribution in [-0.4, -0.2) is 49.0 Å². The molecule has 0 amide bonds. The highest BCUT2D eigenvalue weighted by atomic mass is 16.4. The highest BCUT2D eigenvalue weighted by molar-refractivity contribution is 5.66. The lowest BCUT2D eigenvalue weighted by Gasteiger charge is -2.03. The molecular weight excluding hydrogens is 160 g/mol. The number of aliphatic hydroxyl groups excluding tert-OH is 1.